The van der Waals surface area contributed by atoms with Crippen molar-refractivity contribution >= 4 is 43.5 Å². The standard InChI is InChI=1S/C36H40BrN3O6S/c1-4-5-22-38-36(42)33(24-27-12-7-6-8-13-27)39(25-28-14-11-15-29(37)23-28)35(41)26-40(32-16-9-10-17-34(32)46-3)47(43,44)31-20-18-30(45-2)19-21-31/h6-21,23,33H,4-5,22,24-26H2,1-3H3,(H,38,42)/t33-/m1/s1. The van der Waals surface area contributed by atoms with Crippen molar-refractivity contribution in [2.45, 2.75) is 43.7 Å². The van der Waals surface area contributed by atoms with E-state index in [1.807, 2.05) is 61.5 Å². The topological polar surface area (TPSA) is 105 Å². The molecule has 9 nitrogen and oxygen atoms in total. The number of sulfonamides is 1. The second kappa shape index (κ2) is 17.0. The van der Waals surface area contributed by atoms with Gasteiger partial charge in [-0.25, -0.2) is 8.42 Å². The number of hydrogen-bond acceptors (Lipinski definition) is 6. The highest BCUT2D eigenvalue weighted by Gasteiger charge is 2.35. The summed E-state index contributed by atoms with van der Waals surface area (Å²) in [5, 5.41) is 3.00. The molecule has 0 saturated heterocycles. The minimum absolute atomic E-state index is 0.0336. The first kappa shape index (κ1) is 35.5. The summed E-state index contributed by atoms with van der Waals surface area (Å²) in [4.78, 5) is 30.0. The molecule has 0 spiro atoms. The lowest BCUT2D eigenvalue weighted by molar-refractivity contribution is -0.140. The number of anilines is 1. The molecule has 1 atom stereocenters. The molecule has 0 aliphatic carbocycles. The summed E-state index contributed by atoms with van der Waals surface area (Å²) in [6, 6.07) is 28.6. The van der Waals surface area contributed by atoms with Crippen molar-refractivity contribution in [1.82, 2.24) is 10.2 Å². The van der Waals surface area contributed by atoms with Gasteiger partial charge in [0.05, 0.1) is 24.8 Å². The average Bonchev–Trinajstić information content (AvgIpc) is 3.09. The molecule has 47 heavy (non-hydrogen) atoms. The zero-order chi connectivity index (χ0) is 33.8. The van der Waals surface area contributed by atoms with Gasteiger partial charge in [-0.3, -0.25) is 13.9 Å². The predicted octanol–water partition coefficient (Wildman–Crippen LogP) is 6.22. The van der Waals surface area contributed by atoms with Crippen molar-refractivity contribution < 1.29 is 27.5 Å². The monoisotopic (exact) mass is 721 g/mol. The number of carbonyl (C=O) groups excluding carboxylic acids is 2. The normalized spacial score (nSPS) is 11.7. The molecule has 0 fully saturated rings. The smallest absolute Gasteiger partial charge is 0.264 e. The second-order valence-electron chi connectivity index (χ2n) is 10.9. The van der Waals surface area contributed by atoms with Gasteiger partial charge in [-0.05, 0) is 66.1 Å². The van der Waals surface area contributed by atoms with E-state index >= 15 is 0 Å². The van der Waals surface area contributed by atoms with Gasteiger partial charge in [0.25, 0.3) is 10.0 Å². The van der Waals surface area contributed by atoms with Crippen LogP contribution in [0.4, 0.5) is 5.69 Å². The van der Waals surface area contributed by atoms with E-state index in [4.69, 9.17) is 9.47 Å². The SMILES string of the molecule is CCCCNC(=O)[C@@H](Cc1ccccc1)N(Cc1cccc(Br)c1)C(=O)CN(c1ccccc1OC)S(=O)(=O)c1ccc(OC)cc1. The summed E-state index contributed by atoms with van der Waals surface area (Å²) in [6.45, 7) is 1.97. The number of ether oxygens (including phenoxy) is 2. The van der Waals surface area contributed by atoms with Crippen molar-refractivity contribution in [2.24, 2.45) is 0 Å². The first-order valence-electron chi connectivity index (χ1n) is 15.3. The van der Waals surface area contributed by atoms with Gasteiger partial charge in [-0.2, -0.15) is 0 Å². The van der Waals surface area contributed by atoms with Crippen LogP contribution in [0, 0.1) is 0 Å². The highest BCUT2D eigenvalue weighted by molar-refractivity contribution is 9.10. The fourth-order valence-electron chi connectivity index (χ4n) is 5.12. The Labute approximate surface area is 285 Å². The Morgan fingerprint density at radius 1 is 0.851 bits per heavy atom. The van der Waals surface area contributed by atoms with E-state index in [-0.39, 0.29) is 35.2 Å². The molecule has 2 amide bonds. The number of unbranched alkanes of at least 4 members (excludes halogenated alkanes) is 1. The van der Waals surface area contributed by atoms with Crippen LogP contribution in [0.1, 0.15) is 30.9 Å². The molecule has 4 rings (SSSR count). The van der Waals surface area contributed by atoms with Crippen LogP contribution in [0.15, 0.2) is 112 Å². The quantitative estimate of drug-likeness (QED) is 0.138. The minimum atomic E-state index is -4.30. The first-order valence-corrected chi connectivity index (χ1v) is 17.6. The van der Waals surface area contributed by atoms with E-state index in [9.17, 15) is 18.0 Å². The van der Waals surface area contributed by atoms with Crippen molar-refractivity contribution in [2.75, 3.05) is 31.6 Å². The fraction of sp³-hybridized carbons (Fsp3) is 0.278. The van der Waals surface area contributed by atoms with E-state index in [0.717, 1.165) is 32.7 Å². The number of methoxy groups -OCH3 is 2. The molecule has 0 unspecified atom stereocenters. The number of amides is 2. The number of benzene rings is 4. The van der Waals surface area contributed by atoms with E-state index in [2.05, 4.69) is 21.2 Å². The molecule has 0 bridgehead atoms. The summed E-state index contributed by atoms with van der Waals surface area (Å²) in [5.41, 5.74) is 1.82. The molecule has 0 heterocycles. The molecule has 248 valence electrons. The van der Waals surface area contributed by atoms with Crippen molar-refractivity contribution in [3.63, 3.8) is 0 Å². The van der Waals surface area contributed by atoms with Crippen molar-refractivity contribution in [1.29, 1.82) is 0 Å². The molecule has 0 aliphatic heterocycles. The number of halogens is 1. The molecular weight excluding hydrogens is 682 g/mol. The lowest BCUT2D eigenvalue weighted by atomic mass is 10.0. The zero-order valence-electron chi connectivity index (χ0n) is 26.8. The zero-order valence-corrected chi connectivity index (χ0v) is 29.2. The summed E-state index contributed by atoms with van der Waals surface area (Å²) in [7, 11) is -1.37. The highest BCUT2D eigenvalue weighted by Crippen LogP contribution is 2.33. The van der Waals surface area contributed by atoms with Crippen LogP contribution in [0.3, 0.4) is 0 Å². The summed E-state index contributed by atoms with van der Waals surface area (Å²) >= 11 is 3.51. The van der Waals surface area contributed by atoms with Gasteiger partial charge in [0.1, 0.15) is 24.1 Å². The molecule has 4 aromatic carbocycles. The lowest BCUT2D eigenvalue weighted by Gasteiger charge is -2.34. The van der Waals surface area contributed by atoms with Crippen molar-refractivity contribution in [3.05, 3.63) is 119 Å². The largest absolute Gasteiger partial charge is 0.497 e. The Morgan fingerprint density at radius 2 is 1.53 bits per heavy atom. The predicted molar refractivity (Wildman–Crippen MR) is 187 cm³/mol. The molecule has 0 aliphatic rings. The molecule has 1 N–H and O–H groups in total. The Bertz CT molecular complexity index is 1740. The third-order valence-corrected chi connectivity index (χ3v) is 9.89. The van der Waals surface area contributed by atoms with Crippen LogP contribution >= 0.6 is 15.9 Å². The van der Waals surface area contributed by atoms with Gasteiger partial charge in [0.2, 0.25) is 11.8 Å². The van der Waals surface area contributed by atoms with E-state index < -0.39 is 28.5 Å². The van der Waals surface area contributed by atoms with Gasteiger partial charge in [-0.1, -0.05) is 83.9 Å². The maximum atomic E-state index is 14.6. The number of para-hydroxylation sites is 2. The number of hydrogen-bond donors (Lipinski definition) is 1. The average molecular weight is 723 g/mol. The number of rotatable bonds is 16. The second-order valence-corrected chi connectivity index (χ2v) is 13.6. The molecule has 0 aromatic heterocycles. The third kappa shape index (κ3) is 9.36. The highest BCUT2D eigenvalue weighted by atomic mass is 79.9. The third-order valence-electron chi connectivity index (χ3n) is 7.62. The van der Waals surface area contributed by atoms with Crippen LogP contribution < -0.4 is 19.1 Å². The van der Waals surface area contributed by atoms with Gasteiger partial charge in [-0.15, -0.1) is 0 Å². The summed E-state index contributed by atoms with van der Waals surface area (Å²) < 4.78 is 41.2. The summed E-state index contributed by atoms with van der Waals surface area (Å²) in [5.74, 6) is -0.108. The van der Waals surface area contributed by atoms with Crippen LogP contribution in [0.25, 0.3) is 0 Å². The maximum absolute atomic E-state index is 14.6. The van der Waals surface area contributed by atoms with E-state index in [1.54, 1.807) is 36.4 Å². The molecule has 0 radical (unpaired) electrons. The number of carbonyl (C=O) groups is 2. The van der Waals surface area contributed by atoms with Crippen molar-refractivity contribution in [3.8, 4) is 11.5 Å². The van der Waals surface area contributed by atoms with Gasteiger partial charge in [0, 0.05) is 24.0 Å². The van der Waals surface area contributed by atoms with Gasteiger partial charge < -0.3 is 19.7 Å². The molecular formula is C36H40BrN3O6S. The van der Waals surface area contributed by atoms with Crippen LogP contribution in [-0.2, 0) is 32.6 Å². The summed E-state index contributed by atoms with van der Waals surface area (Å²) in [6.07, 6.45) is 1.91. The Balaban J connectivity index is 1.82. The molecule has 0 saturated carbocycles. The van der Waals surface area contributed by atoms with Crippen LogP contribution in [-0.4, -0.2) is 58.5 Å². The molecule has 11 heteroatoms. The number of nitrogens with zero attached hydrogens (tertiary/aromatic N) is 2. The van der Waals surface area contributed by atoms with Gasteiger partial charge >= 0.3 is 0 Å². The minimum Gasteiger partial charge on any atom is -0.497 e. The van der Waals surface area contributed by atoms with E-state index in [1.165, 1.54) is 31.3 Å². The molecule has 4 aromatic rings. The maximum Gasteiger partial charge on any atom is 0.264 e. The van der Waals surface area contributed by atoms with E-state index in [0.29, 0.717) is 12.3 Å². The first-order chi connectivity index (χ1) is 22.7. The Kier molecular flexibility index (Phi) is 12.8. The Hall–Kier alpha value is -4.35. The number of nitrogens with one attached hydrogen (secondary N) is 1. The van der Waals surface area contributed by atoms with Crippen LogP contribution in [0.2, 0.25) is 0 Å². The lowest BCUT2D eigenvalue weighted by Crippen LogP contribution is -2.53. The van der Waals surface area contributed by atoms with Crippen LogP contribution in [0.5, 0.6) is 11.5 Å². The van der Waals surface area contributed by atoms with Gasteiger partial charge in [0.15, 0.2) is 0 Å². The fourth-order valence-corrected chi connectivity index (χ4v) is 6.99. The Morgan fingerprint density at radius 3 is 2.19 bits per heavy atom.